The summed E-state index contributed by atoms with van der Waals surface area (Å²) in [5.74, 6) is 0. The number of rotatable bonds is 3. The molecule has 0 saturated heterocycles. The fourth-order valence-corrected chi connectivity index (χ4v) is 1.41. The van der Waals surface area contributed by atoms with Crippen molar-refractivity contribution in [1.29, 1.82) is 0 Å². The largest absolute Gasteiger partial charge is 0.378 e. The number of benzene rings is 1. The van der Waals surface area contributed by atoms with Crippen LogP contribution in [0.5, 0.6) is 0 Å². The van der Waals surface area contributed by atoms with E-state index >= 15 is 0 Å². The molecular formula is C11H15NOS. The minimum atomic E-state index is -0.871. The van der Waals surface area contributed by atoms with E-state index in [-0.39, 0.29) is 0 Å². The van der Waals surface area contributed by atoms with Crippen LogP contribution >= 0.6 is 0 Å². The molecule has 0 radical (unpaired) electrons. The zero-order valence-corrected chi connectivity index (χ0v) is 9.54. The molecule has 1 atom stereocenters. The third kappa shape index (κ3) is 3.34. The molecule has 0 spiro atoms. The first-order valence-corrected chi connectivity index (χ1v) is 5.99. The summed E-state index contributed by atoms with van der Waals surface area (Å²) in [6, 6.07) is 8.11. The minimum Gasteiger partial charge on any atom is -0.378 e. The predicted molar refractivity (Wildman–Crippen MR) is 63.9 cm³/mol. The summed E-state index contributed by atoms with van der Waals surface area (Å²) in [4.78, 5) is 2.05. The SMILES string of the molecule is CN(C)c1ccc(/C=C/S(C)=O)cc1. The van der Waals surface area contributed by atoms with Crippen molar-refractivity contribution in [3.05, 3.63) is 35.2 Å². The third-order valence-electron chi connectivity index (χ3n) is 1.86. The lowest BCUT2D eigenvalue weighted by Gasteiger charge is -2.11. The quantitative estimate of drug-likeness (QED) is 0.760. The second kappa shape index (κ2) is 4.96. The Morgan fingerprint density at radius 3 is 2.21 bits per heavy atom. The van der Waals surface area contributed by atoms with Crippen LogP contribution in [0.4, 0.5) is 5.69 Å². The smallest absolute Gasteiger partial charge is 0.0424 e. The van der Waals surface area contributed by atoms with E-state index in [0.717, 1.165) is 5.56 Å². The highest BCUT2D eigenvalue weighted by Crippen LogP contribution is 2.13. The molecule has 0 heterocycles. The van der Waals surface area contributed by atoms with Crippen LogP contribution in [0.1, 0.15) is 5.56 Å². The van der Waals surface area contributed by atoms with Crippen LogP contribution in [0.2, 0.25) is 0 Å². The highest BCUT2D eigenvalue weighted by molar-refractivity contribution is 7.87. The van der Waals surface area contributed by atoms with Gasteiger partial charge in [-0.3, -0.25) is 4.21 Å². The molecule has 1 aromatic rings. The maximum atomic E-state index is 10.8. The van der Waals surface area contributed by atoms with E-state index in [4.69, 9.17) is 0 Å². The molecule has 0 bridgehead atoms. The zero-order valence-electron chi connectivity index (χ0n) is 8.73. The van der Waals surface area contributed by atoms with Gasteiger partial charge < -0.3 is 4.90 Å². The van der Waals surface area contributed by atoms with Crippen molar-refractivity contribution in [3.63, 3.8) is 0 Å². The average Bonchev–Trinajstić information content (AvgIpc) is 2.15. The van der Waals surface area contributed by atoms with Crippen LogP contribution in [0.3, 0.4) is 0 Å². The van der Waals surface area contributed by atoms with E-state index in [1.165, 1.54) is 5.69 Å². The minimum absolute atomic E-state index is 0.871. The van der Waals surface area contributed by atoms with E-state index in [2.05, 4.69) is 0 Å². The van der Waals surface area contributed by atoms with Gasteiger partial charge in [-0.1, -0.05) is 12.1 Å². The van der Waals surface area contributed by atoms with Crippen molar-refractivity contribution in [2.24, 2.45) is 0 Å². The Morgan fingerprint density at radius 2 is 1.79 bits per heavy atom. The first-order chi connectivity index (χ1) is 6.59. The Bertz CT molecular complexity index is 341. The monoisotopic (exact) mass is 209 g/mol. The fraction of sp³-hybridized carbons (Fsp3) is 0.273. The lowest BCUT2D eigenvalue weighted by molar-refractivity contribution is 0.692. The predicted octanol–water partition coefficient (Wildman–Crippen LogP) is 2.10. The second-order valence-corrected chi connectivity index (χ2v) is 4.56. The first-order valence-electron chi connectivity index (χ1n) is 4.37. The van der Waals surface area contributed by atoms with Gasteiger partial charge in [0, 0.05) is 42.2 Å². The molecule has 2 nitrogen and oxygen atoms in total. The lowest BCUT2D eigenvalue weighted by Crippen LogP contribution is -2.07. The number of nitrogens with zero attached hydrogens (tertiary/aromatic N) is 1. The van der Waals surface area contributed by atoms with E-state index in [9.17, 15) is 4.21 Å². The summed E-state index contributed by atoms with van der Waals surface area (Å²) in [6.45, 7) is 0. The van der Waals surface area contributed by atoms with Crippen molar-refractivity contribution in [2.45, 2.75) is 0 Å². The van der Waals surface area contributed by atoms with Crippen LogP contribution in [0.15, 0.2) is 29.7 Å². The fourth-order valence-electron chi connectivity index (χ4n) is 1.06. The maximum Gasteiger partial charge on any atom is 0.0424 e. The van der Waals surface area contributed by atoms with E-state index in [1.54, 1.807) is 11.7 Å². The Kier molecular flexibility index (Phi) is 3.89. The molecule has 3 heteroatoms. The summed E-state index contributed by atoms with van der Waals surface area (Å²) in [6.07, 6.45) is 3.53. The third-order valence-corrected chi connectivity index (χ3v) is 2.38. The molecular weight excluding hydrogens is 194 g/mol. The van der Waals surface area contributed by atoms with Crippen LogP contribution in [0, 0.1) is 0 Å². The molecule has 1 rings (SSSR count). The second-order valence-electron chi connectivity index (χ2n) is 3.29. The lowest BCUT2D eigenvalue weighted by atomic mass is 10.2. The summed E-state index contributed by atoms with van der Waals surface area (Å²) in [5.41, 5.74) is 2.24. The summed E-state index contributed by atoms with van der Waals surface area (Å²) < 4.78 is 10.8. The summed E-state index contributed by atoms with van der Waals surface area (Å²) >= 11 is 0. The van der Waals surface area contributed by atoms with Gasteiger partial charge in [-0.05, 0) is 23.8 Å². The van der Waals surface area contributed by atoms with Crippen LogP contribution < -0.4 is 4.90 Å². The molecule has 0 aliphatic carbocycles. The zero-order chi connectivity index (χ0) is 10.6. The molecule has 0 saturated carbocycles. The van der Waals surface area contributed by atoms with E-state index in [0.29, 0.717) is 0 Å². The molecule has 0 fully saturated rings. The van der Waals surface area contributed by atoms with Gasteiger partial charge in [0.15, 0.2) is 0 Å². The molecule has 0 amide bonds. The van der Waals surface area contributed by atoms with Crippen molar-refractivity contribution < 1.29 is 4.21 Å². The number of hydrogen-bond acceptors (Lipinski definition) is 2. The van der Waals surface area contributed by atoms with Gasteiger partial charge in [-0.15, -0.1) is 0 Å². The molecule has 0 N–H and O–H groups in total. The van der Waals surface area contributed by atoms with Crippen molar-refractivity contribution in [1.82, 2.24) is 0 Å². The summed E-state index contributed by atoms with van der Waals surface area (Å²) in [5, 5.41) is 1.69. The Balaban J connectivity index is 2.78. The van der Waals surface area contributed by atoms with Gasteiger partial charge in [-0.2, -0.15) is 0 Å². The summed E-state index contributed by atoms with van der Waals surface area (Å²) in [7, 11) is 3.14. The Labute approximate surface area is 87.7 Å². The standard InChI is InChI=1S/C11H15NOS/c1-12(2)11-6-4-10(5-7-11)8-9-14(3)13/h4-9H,1-3H3/b9-8+. The molecule has 76 valence electrons. The molecule has 1 aromatic carbocycles. The highest BCUT2D eigenvalue weighted by Gasteiger charge is 1.93. The van der Waals surface area contributed by atoms with Crippen molar-refractivity contribution in [2.75, 3.05) is 25.3 Å². The van der Waals surface area contributed by atoms with Gasteiger partial charge in [0.2, 0.25) is 0 Å². The molecule has 0 aliphatic heterocycles. The van der Waals surface area contributed by atoms with Gasteiger partial charge in [0.1, 0.15) is 0 Å². The van der Waals surface area contributed by atoms with Gasteiger partial charge >= 0.3 is 0 Å². The van der Waals surface area contributed by atoms with Gasteiger partial charge in [0.05, 0.1) is 0 Å². The van der Waals surface area contributed by atoms with E-state index < -0.39 is 10.8 Å². The normalized spacial score (nSPS) is 13.1. The number of anilines is 1. The molecule has 14 heavy (non-hydrogen) atoms. The maximum absolute atomic E-state index is 10.8. The van der Waals surface area contributed by atoms with Crippen LogP contribution in [-0.4, -0.2) is 24.6 Å². The Hall–Kier alpha value is -1.09. The average molecular weight is 209 g/mol. The van der Waals surface area contributed by atoms with Gasteiger partial charge in [-0.25, -0.2) is 0 Å². The van der Waals surface area contributed by atoms with Crippen LogP contribution in [-0.2, 0) is 10.8 Å². The topological polar surface area (TPSA) is 20.3 Å². The molecule has 0 aromatic heterocycles. The first kappa shape index (κ1) is 11.0. The molecule has 0 aliphatic rings. The van der Waals surface area contributed by atoms with Crippen molar-refractivity contribution in [3.8, 4) is 0 Å². The highest BCUT2D eigenvalue weighted by atomic mass is 32.2. The number of hydrogen-bond donors (Lipinski definition) is 0. The Morgan fingerprint density at radius 1 is 1.21 bits per heavy atom. The van der Waals surface area contributed by atoms with E-state index in [1.807, 2.05) is 49.3 Å². The van der Waals surface area contributed by atoms with Gasteiger partial charge in [0.25, 0.3) is 0 Å². The van der Waals surface area contributed by atoms with Crippen molar-refractivity contribution >= 4 is 22.6 Å². The van der Waals surface area contributed by atoms with Crippen LogP contribution in [0.25, 0.3) is 6.08 Å². The molecule has 1 unspecified atom stereocenters.